The number of urea groups is 1. The Kier molecular flexibility index (Phi) is 6.58. The molecule has 3 amide bonds. The molecule has 3 N–H and O–H groups in total. The summed E-state index contributed by atoms with van der Waals surface area (Å²) in [4.78, 5) is 24.6. The molecule has 1 unspecified atom stereocenters. The average molecular weight is 404 g/mol. The molecular formula is C19H22BrN3O2. The Balaban J connectivity index is 2.14. The Hall–Kier alpha value is -2.34. The van der Waals surface area contributed by atoms with Gasteiger partial charge in [0.2, 0.25) is 0 Å². The zero-order chi connectivity index (χ0) is 18.4. The van der Waals surface area contributed by atoms with Crippen LogP contribution in [-0.2, 0) is 0 Å². The van der Waals surface area contributed by atoms with Gasteiger partial charge in [0, 0.05) is 10.5 Å². The molecule has 1 atom stereocenters. The molecule has 0 fully saturated rings. The summed E-state index contributed by atoms with van der Waals surface area (Å²) in [5, 5.41) is 8.44. The number of hydrogen-bond donors (Lipinski definition) is 3. The first kappa shape index (κ1) is 19.0. The van der Waals surface area contributed by atoms with Crippen LogP contribution in [0.4, 0.5) is 10.5 Å². The average Bonchev–Trinajstić information content (AvgIpc) is 2.54. The minimum atomic E-state index is -0.339. The molecule has 0 aliphatic heterocycles. The summed E-state index contributed by atoms with van der Waals surface area (Å²) in [5.41, 5.74) is 1.87. The fraction of sp³-hybridized carbons (Fsp3) is 0.263. The van der Waals surface area contributed by atoms with Gasteiger partial charge in [-0.3, -0.25) is 4.79 Å². The highest BCUT2D eigenvalue weighted by Crippen LogP contribution is 2.24. The molecule has 25 heavy (non-hydrogen) atoms. The summed E-state index contributed by atoms with van der Waals surface area (Å²) in [6, 6.07) is 14.2. The van der Waals surface area contributed by atoms with Gasteiger partial charge in [-0.25, -0.2) is 4.79 Å². The van der Waals surface area contributed by atoms with Gasteiger partial charge in [-0.1, -0.05) is 46.3 Å². The second kappa shape index (κ2) is 8.67. The van der Waals surface area contributed by atoms with E-state index < -0.39 is 0 Å². The molecule has 2 rings (SSSR count). The molecule has 2 aromatic carbocycles. The van der Waals surface area contributed by atoms with Crippen LogP contribution in [-0.4, -0.2) is 18.0 Å². The Labute approximate surface area is 156 Å². The van der Waals surface area contributed by atoms with Crippen molar-refractivity contribution in [2.24, 2.45) is 0 Å². The zero-order valence-electron chi connectivity index (χ0n) is 14.5. The van der Waals surface area contributed by atoms with Crippen LogP contribution in [0.25, 0.3) is 0 Å². The van der Waals surface area contributed by atoms with Gasteiger partial charge in [0.05, 0.1) is 17.3 Å². The van der Waals surface area contributed by atoms with Crippen LogP contribution >= 0.6 is 15.9 Å². The normalized spacial score (nSPS) is 11.7. The van der Waals surface area contributed by atoms with Crippen LogP contribution in [0.15, 0.2) is 53.0 Å². The van der Waals surface area contributed by atoms with E-state index in [2.05, 4.69) is 31.9 Å². The van der Waals surface area contributed by atoms with Crippen molar-refractivity contribution in [3.05, 3.63) is 64.1 Å². The third kappa shape index (κ3) is 5.32. The van der Waals surface area contributed by atoms with Crippen LogP contribution in [0.2, 0.25) is 0 Å². The number of carbonyl (C=O) groups excluding carboxylic acids is 2. The lowest BCUT2D eigenvalue weighted by Crippen LogP contribution is -2.35. The highest BCUT2D eigenvalue weighted by atomic mass is 79.9. The van der Waals surface area contributed by atoms with E-state index in [-0.39, 0.29) is 24.0 Å². The smallest absolute Gasteiger partial charge is 0.319 e. The minimum Gasteiger partial charge on any atom is -0.345 e. The summed E-state index contributed by atoms with van der Waals surface area (Å²) in [6.07, 6.45) is 0. The Morgan fingerprint density at radius 2 is 1.56 bits per heavy atom. The van der Waals surface area contributed by atoms with Crippen molar-refractivity contribution in [1.29, 1.82) is 0 Å². The van der Waals surface area contributed by atoms with E-state index in [0.717, 1.165) is 10.0 Å². The van der Waals surface area contributed by atoms with Gasteiger partial charge in [-0.2, -0.15) is 0 Å². The number of benzene rings is 2. The largest absolute Gasteiger partial charge is 0.345 e. The molecule has 0 aromatic heterocycles. The minimum absolute atomic E-state index is 0.0106. The zero-order valence-corrected chi connectivity index (χ0v) is 16.1. The highest BCUT2D eigenvalue weighted by molar-refractivity contribution is 9.10. The van der Waals surface area contributed by atoms with Crippen molar-refractivity contribution in [3.63, 3.8) is 0 Å². The summed E-state index contributed by atoms with van der Waals surface area (Å²) in [6.45, 7) is 5.66. The maximum absolute atomic E-state index is 12.7. The van der Waals surface area contributed by atoms with Gasteiger partial charge in [-0.15, -0.1) is 0 Å². The van der Waals surface area contributed by atoms with Crippen LogP contribution < -0.4 is 16.0 Å². The summed E-state index contributed by atoms with van der Waals surface area (Å²) in [5.74, 6) is -0.247. The van der Waals surface area contributed by atoms with Gasteiger partial charge in [0.1, 0.15) is 0 Å². The number of nitrogens with one attached hydrogen (secondary N) is 3. The molecule has 5 nitrogen and oxygen atoms in total. The quantitative estimate of drug-likeness (QED) is 0.688. The van der Waals surface area contributed by atoms with E-state index in [4.69, 9.17) is 0 Å². The summed E-state index contributed by atoms with van der Waals surface area (Å²) >= 11 is 3.50. The number of anilines is 1. The lowest BCUT2D eigenvalue weighted by atomic mass is 10.1. The van der Waals surface area contributed by atoms with E-state index >= 15 is 0 Å². The first-order valence-electron chi connectivity index (χ1n) is 8.10. The first-order valence-corrected chi connectivity index (χ1v) is 8.89. The molecule has 0 aliphatic carbocycles. The van der Waals surface area contributed by atoms with Crippen molar-refractivity contribution in [1.82, 2.24) is 10.6 Å². The molecule has 0 bridgehead atoms. The third-order valence-corrected chi connectivity index (χ3v) is 4.28. The molecular weight excluding hydrogens is 382 g/mol. The SMILES string of the molecule is CC(C)NC(=O)Nc1ccccc1C(=O)NC(C)c1ccccc1Br. The lowest BCUT2D eigenvalue weighted by Gasteiger charge is -2.18. The first-order chi connectivity index (χ1) is 11.9. The molecule has 0 saturated heterocycles. The molecule has 0 radical (unpaired) electrons. The Morgan fingerprint density at radius 3 is 2.24 bits per heavy atom. The van der Waals surface area contributed by atoms with Gasteiger partial charge in [-0.05, 0) is 44.5 Å². The molecule has 0 spiro atoms. The fourth-order valence-electron chi connectivity index (χ4n) is 2.39. The van der Waals surface area contributed by atoms with E-state index in [1.807, 2.05) is 45.0 Å². The van der Waals surface area contributed by atoms with Gasteiger partial charge >= 0.3 is 6.03 Å². The van der Waals surface area contributed by atoms with E-state index in [1.54, 1.807) is 24.3 Å². The van der Waals surface area contributed by atoms with Crippen molar-refractivity contribution in [2.75, 3.05) is 5.32 Å². The fourth-order valence-corrected chi connectivity index (χ4v) is 3.02. The summed E-state index contributed by atoms with van der Waals surface area (Å²) < 4.78 is 0.936. The Bertz CT molecular complexity index is 762. The van der Waals surface area contributed by atoms with Crippen molar-refractivity contribution < 1.29 is 9.59 Å². The molecule has 0 saturated carbocycles. The second-order valence-electron chi connectivity index (χ2n) is 6.02. The third-order valence-electron chi connectivity index (χ3n) is 3.56. The predicted octanol–water partition coefficient (Wildman–Crippen LogP) is 4.47. The van der Waals surface area contributed by atoms with Crippen LogP contribution in [0.1, 0.15) is 42.7 Å². The van der Waals surface area contributed by atoms with Crippen LogP contribution in [0.3, 0.4) is 0 Å². The molecule has 0 heterocycles. The number of halogens is 1. The second-order valence-corrected chi connectivity index (χ2v) is 6.87. The van der Waals surface area contributed by atoms with Gasteiger partial charge < -0.3 is 16.0 Å². The van der Waals surface area contributed by atoms with E-state index in [1.165, 1.54) is 0 Å². The Morgan fingerprint density at radius 1 is 0.920 bits per heavy atom. The molecule has 6 heteroatoms. The molecule has 132 valence electrons. The van der Waals surface area contributed by atoms with Gasteiger partial charge in [0.25, 0.3) is 5.91 Å². The van der Waals surface area contributed by atoms with Gasteiger partial charge in [0.15, 0.2) is 0 Å². The number of hydrogen-bond acceptors (Lipinski definition) is 2. The van der Waals surface area contributed by atoms with Crippen molar-refractivity contribution >= 4 is 33.6 Å². The molecule has 0 aliphatic rings. The number of rotatable bonds is 5. The topological polar surface area (TPSA) is 70.2 Å². The monoisotopic (exact) mass is 403 g/mol. The molecule has 2 aromatic rings. The predicted molar refractivity (Wildman–Crippen MR) is 104 cm³/mol. The van der Waals surface area contributed by atoms with E-state index in [0.29, 0.717) is 11.3 Å². The number of amides is 3. The number of carbonyl (C=O) groups is 2. The summed E-state index contributed by atoms with van der Waals surface area (Å²) in [7, 11) is 0. The maximum Gasteiger partial charge on any atom is 0.319 e. The van der Waals surface area contributed by atoms with Crippen molar-refractivity contribution in [3.8, 4) is 0 Å². The van der Waals surface area contributed by atoms with E-state index in [9.17, 15) is 9.59 Å². The standard InChI is InChI=1S/C19H22BrN3O2/c1-12(2)21-19(25)23-17-11-7-5-9-15(17)18(24)22-13(3)14-8-4-6-10-16(14)20/h4-13H,1-3H3,(H,22,24)(H2,21,23,25). The van der Waals surface area contributed by atoms with Crippen LogP contribution in [0.5, 0.6) is 0 Å². The number of para-hydroxylation sites is 1. The highest BCUT2D eigenvalue weighted by Gasteiger charge is 2.17. The van der Waals surface area contributed by atoms with Crippen LogP contribution in [0, 0.1) is 0 Å². The van der Waals surface area contributed by atoms with Crippen molar-refractivity contribution in [2.45, 2.75) is 32.9 Å². The maximum atomic E-state index is 12.7. The lowest BCUT2D eigenvalue weighted by molar-refractivity contribution is 0.0940.